The molecule has 1 aliphatic heterocycles. The van der Waals surface area contributed by atoms with Crippen molar-refractivity contribution in [2.45, 2.75) is 32.7 Å². The number of hydrogen-bond donors (Lipinski definition) is 1. The maximum Gasteiger partial charge on any atom is 0.125 e. The second kappa shape index (κ2) is 6.19. The maximum absolute atomic E-state index is 13.3. The first kappa shape index (κ1) is 13.3. The van der Waals surface area contributed by atoms with Crippen molar-refractivity contribution in [3.8, 4) is 0 Å². The Labute approximate surface area is 109 Å². The van der Waals surface area contributed by atoms with Gasteiger partial charge in [-0.15, -0.1) is 0 Å². The van der Waals surface area contributed by atoms with Gasteiger partial charge in [0, 0.05) is 24.8 Å². The lowest BCUT2D eigenvalue weighted by molar-refractivity contribution is 0.384. The number of anilines is 1. The van der Waals surface area contributed by atoms with Crippen LogP contribution in [0.15, 0.2) is 24.3 Å². The Kier molecular flexibility index (Phi) is 4.59. The molecule has 18 heavy (non-hydrogen) atoms. The fraction of sp³-hybridized carbons (Fsp3) is 0.600. The highest BCUT2D eigenvalue weighted by atomic mass is 19.1. The largest absolute Gasteiger partial charge is 0.370 e. The van der Waals surface area contributed by atoms with Gasteiger partial charge in [-0.2, -0.15) is 0 Å². The van der Waals surface area contributed by atoms with Crippen LogP contribution in [0.1, 0.15) is 26.7 Å². The van der Waals surface area contributed by atoms with Gasteiger partial charge in [-0.05, 0) is 37.1 Å². The maximum atomic E-state index is 13.3. The summed E-state index contributed by atoms with van der Waals surface area (Å²) in [5.74, 6) is 0.504. The lowest BCUT2D eigenvalue weighted by Crippen LogP contribution is -2.42. The normalized spacial score (nSPS) is 22.6. The third-order valence-electron chi connectivity index (χ3n) is 3.93. The molecule has 100 valence electrons. The molecule has 1 heterocycles. The second-order valence-corrected chi connectivity index (χ2v) is 5.23. The molecule has 1 saturated heterocycles. The van der Waals surface area contributed by atoms with Gasteiger partial charge >= 0.3 is 0 Å². The fourth-order valence-corrected chi connectivity index (χ4v) is 2.52. The van der Waals surface area contributed by atoms with Gasteiger partial charge in [-0.25, -0.2) is 4.39 Å². The average molecular weight is 250 g/mol. The smallest absolute Gasteiger partial charge is 0.125 e. The molecule has 0 radical (unpaired) electrons. The van der Waals surface area contributed by atoms with Crippen LogP contribution in [-0.4, -0.2) is 25.7 Å². The van der Waals surface area contributed by atoms with Crippen molar-refractivity contribution in [3.63, 3.8) is 0 Å². The zero-order chi connectivity index (χ0) is 13.0. The second-order valence-electron chi connectivity index (χ2n) is 5.23. The van der Waals surface area contributed by atoms with E-state index in [1.807, 2.05) is 6.07 Å². The van der Waals surface area contributed by atoms with Crippen LogP contribution in [0, 0.1) is 11.7 Å². The highest BCUT2D eigenvalue weighted by Crippen LogP contribution is 2.20. The van der Waals surface area contributed by atoms with Crippen LogP contribution in [-0.2, 0) is 0 Å². The summed E-state index contributed by atoms with van der Waals surface area (Å²) in [5, 5.41) is 3.61. The summed E-state index contributed by atoms with van der Waals surface area (Å²) in [7, 11) is 0. The third kappa shape index (κ3) is 3.22. The van der Waals surface area contributed by atoms with Crippen LogP contribution >= 0.6 is 0 Å². The van der Waals surface area contributed by atoms with Gasteiger partial charge < -0.3 is 10.2 Å². The predicted molar refractivity (Wildman–Crippen MR) is 74.5 cm³/mol. The molecule has 2 atom stereocenters. The van der Waals surface area contributed by atoms with Crippen LogP contribution in [0.5, 0.6) is 0 Å². The van der Waals surface area contributed by atoms with Gasteiger partial charge in [0.05, 0.1) is 0 Å². The number of rotatable bonds is 3. The van der Waals surface area contributed by atoms with Crippen molar-refractivity contribution in [1.29, 1.82) is 0 Å². The Hall–Kier alpha value is -1.09. The topological polar surface area (TPSA) is 15.3 Å². The van der Waals surface area contributed by atoms with E-state index in [1.165, 1.54) is 12.5 Å². The van der Waals surface area contributed by atoms with E-state index in [9.17, 15) is 4.39 Å². The summed E-state index contributed by atoms with van der Waals surface area (Å²) in [6.45, 7) is 7.54. The summed E-state index contributed by atoms with van der Waals surface area (Å²) in [6, 6.07) is 7.44. The highest BCUT2D eigenvalue weighted by molar-refractivity contribution is 5.46. The van der Waals surface area contributed by atoms with Crippen molar-refractivity contribution in [2.24, 2.45) is 5.92 Å². The zero-order valence-corrected chi connectivity index (χ0v) is 11.3. The minimum absolute atomic E-state index is 0.148. The fourth-order valence-electron chi connectivity index (χ4n) is 2.52. The van der Waals surface area contributed by atoms with E-state index in [0.29, 0.717) is 12.0 Å². The molecule has 0 aromatic heterocycles. The van der Waals surface area contributed by atoms with Crippen molar-refractivity contribution in [2.75, 3.05) is 24.5 Å². The van der Waals surface area contributed by atoms with Gasteiger partial charge in [0.25, 0.3) is 0 Å². The molecule has 0 bridgehead atoms. The lowest BCUT2D eigenvalue weighted by atomic mass is 9.99. The van der Waals surface area contributed by atoms with Crippen LogP contribution < -0.4 is 10.2 Å². The molecule has 1 aromatic rings. The molecular weight excluding hydrogens is 227 g/mol. The molecule has 1 aromatic carbocycles. The van der Waals surface area contributed by atoms with Gasteiger partial charge in [-0.1, -0.05) is 26.3 Å². The van der Waals surface area contributed by atoms with E-state index < -0.39 is 0 Å². The number of nitrogens with zero attached hydrogens (tertiary/aromatic N) is 1. The van der Waals surface area contributed by atoms with E-state index in [2.05, 4.69) is 24.1 Å². The summed E-state index contributed by atoms with van der Waals surface area (Å²) < 4.78 is 13.3. The Bertz CT molecular complexity index is 381. The molecule has 0 saturated carbocycles. The molecular formula is C15H23FN2. The van der Waals surface area contributed by atoms with Crippen LogP contribution in [0.3, 0.4) is 0 Å². The molecule has 0 amide bonds. The predicted octanol–water partition coefficient (Wildman–Crippen LogP) is 3.04. The molecule has 2 nitrogen and oxygen atoms in total. The van der Waals surface area contributed by atoms with Gasteiger partial charge in [0.15, 0.2) is 0 Å². The molecule has 3 heteroatoms. The Balaban J connectivity index is 2.11. The molecule has 0 spiro atoms. The van der Waals surface area contributed by atoms with E-state index in [4.69, 9.17) is 0 Å². The standard InChI is InChI=1S/C15H23FN2/c1-3-12(2)15-11-18(9-5-8-17-15)14-7-4-6-13(16)10-14/h4,6-7,10,12,15,17H,3,5,8-9,11H2,1-2H3. The number of nitrogens with one attached hydrogen (secondary N) is 1. The molecule has 1 aliphatic rings. The first-order valence-corrected chi connectivity index (χ1v) is 6.94. The Morgan fingerprint density at radius 3 is 3.06 bits per heavy atom. The van der Waals surface area contributed by atoms with Gasteiger partial charge in [0.1, 0.15) is 5.82 Å². The van der Waals surface area contributed by atoms with Crippen LogP contribution in [0.2, 0.25) is 0 Å². The molecule has 1 fully saturated rings. The highest BCUT2D eigenvalue weighted by Gasteiger charge is 2.21. The van der Waals surface area contributed by atoms with E-state index in [-0.39, 0.29) is 5.82 Å². The van der Waals surface area contributed by atoms with E-state index >= 15 is 0 Å². The van der Waals surface area contributed by atoms with Crippen molar-refractivity contribution < 1.29 is 4.39 Å². The van der Waals surface area contributed by atoms with Crippen molar-refractivity contribution in [3.05, 3.63) is 30.1 Å². The first-order chi connectivity index (χ1) is 8.70. The summed E-state index contributed by atoms with van der Waals surface area (Å²) >= 11 is 0. The third-order valence-corrected chi connectivity index (χ3v) is 3.93. The molecule has 2 unspecified atom stereocenters. The monoisotopic (exact) mass is 250 g/mol. The zero-order valence-electron chi connectivity index (χ0n) is 11.3. The first-order valence-electron chi connectivity index (χ1n) is 6.94. The van der Waals surface area contributed by atoms with Crippen molar-refractivity contribution >= 4 is 5.69 Å². The number of halogens is 1. The summed E-state index contributed by atoms with van der Waals surface area (Å²) in [5.41, 5.74) is 1.01. The van der Waals surface area contributed by atoms with Gasteiger partial charge in [0.2, 0.25) is 0 Å². The minimum Gasteiger partial charge on any atom is -0.370 e. The van der Waals surface area contributed by atoms with Crippen molar-refractivity contribution in [1.82, 2.24) is 5.32 Å². The Morgan fingerprint density at radius 1 is 1.50 bits per heavy atom. The van der Waals surface area contributed by atoms with Gasteiger partial charge in [-0.3, -0.25) is 0 Å². The lowest BCUT2D eigenvalue weighted by Gasteiger charge is -2.29. The Morgan fingerprint density at radius 2 is 2.33 bits per heavy atom. The van der Waals surface area contributed by atoms with Crippen LogP contribution in [0.25, 0.3) is 0 Å². The van der Waals surface area contributed by atoms with E-state index in [0.717, 1.165) is 31.7 Å². The number of hydrogen-bond acceptors (Lipinski definition) is 2. The molecule has 1 N–H and O–H groups in total. The quantitative estimate of drug-likeness (QED) is 0.887. The molecule has 2 rings (SSSR count). The minimum atomic E-state index is -0.148. The van der Waals surface area contributed by atoms with Crippen LogP contribution in [0.4, 0.5) is 10.1 Å². The summed E-state index contributed by atoms with van der Waals surface area (Å²) in [4.78, 5) is 2.31. The average Bonchev–Trinajstić information content (AvgIpc) is 2.63. The van der Waals surface area contributed by atoms with E-state index in [1.54, 1.807) is 12.1 Å². The molecule has 0 aliphatic carbocycles. The number of benzene rings is 1. The summed E-state index contributed by atoms with van der Waals surface area (Å²) in [6.07, 6.45) is 2.29. The SMILES string of the molecule is CCC(C)C1CN(c2cccc(F)c2)CCCN1.